The van der Waals surface area contributed by atoms with Crippen LogP contribution in [0.1, 0.15) is 47.5 Å². The fourth-order valence-electron chi connectivity index (χ4n) is 3.60. The minimum absolute atomic E-state index is 0.0511. The van der Waals surface area contributed by atoms with Crippen molar-refractivity contribution in [1.82, 2.24) is 24.9 Å². The first-order valence-electron chi connectivity index (χ1n) is 8.95. The molecule has 0 atom stereocenters. The molecular weight excluding hydrogens is 314 g/mol. The molecular formula is C19H23N5O. The number of imidazole rings is 1. The summed E-state index contributed by atoms with van der Waals surface area (Å²) in [4.78, 5) is 16.7. The van der Waals surface area contributed by atoms with E-state index in [1.807, 2.05) is 35.9 Å². The lowest BCUT2D eigenvalue weighted by molar-refractivity contribution is -0.121. The average molecular weight is 337 g/mol. The maximum absolute atomic E-state index is 12.2. The summed E-state index contributed by atoms with van der Waals surface area (Å²) >= 11 is 0. The van der Waals surface area contributed by atoms with Crippen LogP contribution in [-0.4, -0.2) is 25.5 Å². The van der Waals surface area contributed by atoms with E-state index < -0.39 is 0 Å². The van der Waals surface area contributed by atoms with Gasteiger partial charge in [-0.1, -0.05) is 6.07 Å². The molecule has 0 spiro atoms. The molecule has 0 radical (unpaired) electrons. The van der Waals surface area contributed by atoms with Gasteiger partial charge in [0.05, 0.1) is 24.1 Å². The standard InChI is InChI=1S/C19H23N5O/c1-13-5-4-10-24-14(12-21-19(13)24)11-20-18(25)9-8-17-15-6-2-3-7-16(15)22-23-17/h4-5,10,12H,2-3,6-9,11H2,1H3,(H,20,25)(H,22,23). The van der Waals surface area contributed by atoms with E-state index in [0.29, 0.717) is 19.4 Å². The molecule has 0 aliphatic heterocycles. The van der Waals surface area contributed by atoms with Crippen molar-refractivity contribution >= 4 is 11.6 Å². The number of nitrogens with zero attached hydrogens (tertiary/aromatic N) is 3. The minimum atomic E-state index is 0.0511. The third-order valence-corrected chi connectivity index (χ3v) is 5.01. The lowest BCUT2D eigenvalue weighted by Crippen LogP contribution is -2.24. The van der Waals surface area contributed by atoms with Crippen molar-refractivity contribution in [3.63, 3.8) is 0 Å². The molecule has 6 nitrogen and oxygen atoms in total. The Bertz CT molecular complexity index is 908. The predicted molar refractivity (Wildman–Crippen MR) is 95.3 cm³/mol. The molecule has 2 N–H and O–H groups in total. The molecule has 3 heterocycles. The van der Waals surface area contributed by atoms with Crippen LogP contribution in [0.25, 0.3) is 5.65 Å². The van der Waals surface area contributed by atoms with Gasteiger partial charge in [-0.3, -0.25) is 9.89 Å². The predicted octanol–water partition coefficient (Wildman–Crippen LogP) is 2.49. The van der Waals surface area contributed by atoms with Crippen molar-refractivity contribution in [3.8, 4) is 0 Å². The number of carbonyl (C=O) groups is 1. The lowest BCUT2D eigenvalue weighted by atomic mass is 9.95. The highest BCUT2D eigenvalue weighted by Crippen LogP contribution is 2.22. The first-order valence-corrected chi connectivity index (χ1v) is 8.95. The van der Waals surface area contributed by atoms with Gasteiger partial charge in [-0.05, 0) is 49.8 Å². The number of aromatic amines is 1. The van der Waals surface area contributed by atoms with Crippen LogP contribution in [0.4, 0.5) is 0 Å². The molecule has 0 bridgehead atoms. The zero-order chi connectivity index (χ0) is 17.2. The number of hydrogen-bond acceptors (Lipinski definition) is 3. The van der Waals surface area contributed by atoms with Gasteiger partial charge in [-0.25, -0.2) is 4.98 Å². The summed E-state index contributed by atoms with van der Waals surface area (Å²) < 4.78 is 2.03. The Morgan fingerprint density at radius 2 is 2.24 bits per heavy atom. The van der Waals surface area contributed by atoms with Crippen LogP contribution in [0, 0.1) is 6.92 Å². The van der Waals surface area contributed by atoms with Crippen LogP contribution in [0.3, 0.4) is 0 Å². The van der Waals surface area contributed by atoms with E-state index in [4.69, 9.17) is 0 Å². The zero-order valence-electron chi connectivity index (χ0n) is 14.5. The van der Waals surface area contributed by atoms with Crippen molar-refractivity contribution in [3.05, 3.63) is 52.7 Å². The molecule has 4 rings (SSSR count). The smallest absolute Gasteiger partial charge is 0.220 e. The summed E-state index contributed by atoms with van der Waals surface area (Å²) in [6.07, 6.45) is 9.59. The van der Waals surface area contributed by atoms with E-state index in [1.54, 1.807) is 0 Å². The Balaban J connectivity index is 1.35. The average Bonchev–Trinajstić information content (AvgIpc) is 3.23. The molecule has 0 fully saturated rings. The van der Waals surface area contributed by atoms with E-state index in [9.17, 15) is 4.79 Å². The quantitative estimate of drug-likeness (QED) is 0.751. The van der Waals surface area contributed by atoms with Crippen LogP contribution in [0.2, 0.25) is 0 Å². The Kier molecular flexibility index (Phi) is 4.26. The zero-order valence-corrected chi connectivity index (χ0v) is 14.5. The Morgan fingerprint density at radius 3 is 3.16 bits per heavy atom. The molecule has 3 aromatic heterocycles. The number of rotatable bonds is 5. The minimum Gasteiger partial charge on any atom is -0.350 e. The summed E-state index contributed by atoms with van der Waals surface area (Å²) in [6, 6.07) is 4.03. The van der Waals surface area contributed by atoms with Gasteiger partial charge in [0.1, 0.15) is 5.65 Å². The van der Waals surface area contributed by atoms with Crippen molar-refractivity contribution in [1.29, 1.82) is 0 Å². The highest BCUT2D eigenvalue weighted by molar-refractivity contribution is 5.76. The molecule has 1 aliphatic carbocycles. The van der Waals surface area contributed by atoms with E-state index in [0.717, 1.165) is 35.4 Å². The normalized spacial score (nSPS) is 13.8. The molecule has 3 aromatic rings. The van der Waals surface area contributed by atoms with Crippen molar-refractivity contribution in [2.24, 2.45) is 0 Å². The molecule has 1 aliphatic rings. The molecule has 130 valence electrons. The van der Waals surface area contributed by atoms with Gasteiger partial charge in [-0.15, -0.1) is 0 Å². The number of fused-ring (bicyclic) bond motifs is 2. The number of H-pyrrole nitrogens is 1. The molecule has 1 amide bonds. The molecule has 0 aromatic carbocycles. The van der Waals surface area contributed by atoms with Crippen LogP contribution in [-0.2, 0) is 30.6 Å². The third kappa shape index (κ3) is 3.16. The highest BCUT2D eigenvalue weighted by Gasteiger charge is 2.17. The number of amides is 1. The maximum atomic E-state index is 12.2. The van der Waals surface area contributed by atoms with Gasteiger partial charge in [0, 0.05) is 24.7 Å². The van der Waals surface area contributed by atoms with Crippen molar-refractivity contribution < 1.29 is 4.79 Å². The summed E-state index contributed by atoms with van der Waals surface area (Å²) in [5, 5.41) is 10.5. The number of carbonyl (C=O) groups excluding carboxylic acids is 1. The molecule has 6 heteroatoms. The fraction of sp³-hybridized carbons (Fsp3) is 0.421. The third-order valence-electron chi connectivity index (χ3n) is 5.01. The van der Waals surface area contributed by atoms with E-state index in [-0.39, 0.29) is 5.91 Å². The summed E-state index contributed by atoms with van der Waals surface area (Å²) in [5.74, 6) is 0.0511. The highest BCUT2D eigenvalue weighted by atomic mass is 16.1. The molecule has 0 unspecified atom stereocenters. The summed E-state index contributed by atoms with van der Waals surface area (Å²) in [6.45, 7) is 2.53. The van der Waals surface area contributed by atoms with Gasteiger partial charge < -0.3 is 9.72 Å². The van der Waals surface area contributed by atoms with Crippen LogP contribution >= 0.6 is 0 Å². The Labute approximate surface area is 146 Å². The second-order valence-electron chi connectivity index (χ2n) is 6.75. The van der Waals surface area contributed by atoms with E-state index in [1.165, 1.54) is 24.1 Å². The largest absolute Gasteiger partial charge is 0.350 e. The molecule has 0 saturated carbocycles. The molecule has 0 saturated heterocycles. The number of aryl methyl sites for hydroxylation is 3. The first-order chi connectivity index (χ1) is 12.2. The van der Waals surface area contributed by atoms with Gasteiger partial charge in [0.2, 0.25) is 5.91 Å². The number of aromatic nitrogens is 4. The van der Waals surface area contributed by atoms with E-state index in [2.05, 4.69) is 20.5 Å². The Hall–Kier alpha value is -2.63. The topological polar surface area (TPSA) is 75.1 Å². The first kappa shape index (κ1) is 15.9. The van der Waals surface area contributed by atoms with Gasteiger partial charge in [-0.2, -0.15) is 5.10 Å². The molecule has 25 heavy (non-hydrogen) atoms. The SMILES string of the molecule is Cc1cccn2c(CNC(=O)CCc3n[nH]c4c3CCCC4)cnc12. The fourth-order valence-corrected chi connectivity index (χ4v) is 3.60. The monoisotopic (exact) mass is 337 g/mol. The second kappa shape index (κ2) is 6.70. The van der Waals surface area contributed by atoms with Gasteiger partial charge in [0.25, 0.3) is 0 Å². The van der Waals surface area contributed by atoms with Gasteiger partial charge >= 0.3 is 0 Å². The number of pyridine rings is 1. The second-order valence-corrected chi connectivity index (χ2v) is 6.75. The Morgan fingerprint density at radius 1 is 1.36 bits per heavy atom. The van der Waals surface area contributed by atoms with Crippen LogP contribution < -0.4 is 5.32 Å². The van der Waals surface area contributed by atoms with Crippen molar-refractivity contribution in [2.75, 3.05) is 0 Å². The summed E-state index contributed by atoms with van der Waals surface area (Å²) in [5.41, 5.74) is 6.73. The van der Waals surface area contributed by atoms with Crippen LogP contribution in [0.15, 0.2) is 24.5 Å². The van der Waals surface area contributed by atoms with E-state index >= 15 is 0 Å². The number of nitrogens with one attached hydrogen (secondary N) is 2. The van der Waals surface area contributed by atoms with Crippen LogP contribution in [0.5, 0.6) is 0 Å². The lowest BCUT2D eigenvalue weighted by Gasteiger charge is -2.11. The number of hydrogen-bond donors (Lipinski definition) is 2. The maximum Gasteiger partial charge on any atom is 0.220 e. The van der Waals surface area contributed by atoms with Gasteiger partial charge in [0.15, 0.2) is 0 Å². The summed E-state index contributed by atoms with van der Waals surface area (Å²) in [7, 11) is 0. The van der Waals surface area contributed by atoms with Crippen molar-refractivity contribution in [2.45, 2.75) is 52.0 Å².